The lowest BCUT2D eigenvalue weighted by Gasteiger charge is -2.11. The maximum Gasteiger partial charge on any atom is 0.169 e. The summed E-state index contributed by atoms with van der Waals surface area (Å²) in [5.74, 6) is 0.850. The Morgan fingerprint density at radius 1 is 0.514 bits per heavy atom. The normalized spacial score (nSPS) is 11.9. The molecule has 0 unspecified atom stereocenters. The van der Waals surface area contributed by atoms with Crippen LogP contribution < -0.4 is 0 Å². The molecule has 0 saturated heterocycles. The first-order valence-electron chi connectivity index (χ1n) is 12.5. The van der Waals surface area contributed by atoms with E-state index >= 15 is 0 Å². The molecule has 0 aliphatic heterocycles. The van der Waals surface area contributed by atoms with E-state index in [1.807, 2.05) is 0 Å². The molecule has 0 spiro atoms. The maximum absolute atomic E-state index is 4.69. The Labute approximate surface area is 213 Å². The summed E-state index contributed by atoms with van der Waals surface area (Å²) in [6, 6.07) is 40.9. The molecule has 37 heavy (non-hydrogen) atoms. The van der Waals surface area contributed by atoms with E-state index in [2.05, 4.69) is 136 Å². The quantitative estimate of drug-likeness (QED) is 0.237. The Bertz CT molecular complexity index is 2090. The molecule has 3 heterocycles. The smallest absolute Gasteiger partial charge is 0.169 e. The first-order valence-corrected chi connectivity index (χ1v) is 12.5. The van der Waals surface area contributed by atoms with Gasteiger partial charge in [-0.2, -0.15) is 0 Å². The number of pyridine rings is 1. The third-order valence-electron chi connectivity index (χ3n) is 7.48. The molecule has 0 aliphatic rings. The van der Waals surface area contributed by atoms with Gasteiger partial charge in [-0.3, -0.25) is 4.40 Å². The highest BCUT2D eigenvalue weighted by Gasteiger charge is 2.17. The predicted octanol–water partition coefficient (Wildman–Crippen LogP) is 8.11. The molecule has 4 heteroatoms. The first-order chi connectivity index (χ1) is 18.3. The lowest BCUT2D eigenvalue weighted by atomic mass is 10.0. The van der Waals surface area contributed by atoms with Crippen molar-refractivity contribution >= 4 is 49.1 Å². The standard InChI is InChI=1S/C33H22N4/c1-21-14-19-24-25-8-2-7-13-31(25)37-32(34-35-33(37)28(24)20-21)22-15-17-23(18-16-22)36-29-11-5-3-9-26(29)27-10-4-6-12-30(27)36/h2-20H,1H3. The van der Waals surface area contributed by atoms with Crippen molar-refractivity contribution in [2.75, 3.05) is 0 Å². The van der Waals surface area contributed by atoms with Crippen LogP contribution in [0.25, 0.3) is 66.2 Å². The molecule has 0 saturated carbocycles. The highest BCUT2D eigenvalue weighted by molar-refractivity contribution is 6.12. The van der Waals surface area contributed by atoms with Crippen LogP contribution >= 0.6 is 0 Å². The molecular weight excluding hydrogens is 452 g/mol. The third kappa shape index (κ3) is 2.84. The fourth-order valence-corrected chi connectivity index (χ4v) is 5.81. The van der Waals surface area contributed by atoms with Crippen LogP contribution in [0.5, 0.6) is 0 Å². The Balaban J connectivity index is 1.36. The van der Waals surface area contributed by atoms with Gasteiger partial charge in [0.1, 0.15) is 0 Å². The third-order valence-corrected chi connectivity index (χ3v) is 7.48. The van der Waals surface area contributed by atoms with E-state index in [0.29, 0.717) is 0 Å². The molecule has 0 aliphatic carbocycles. The number of aromatic nitrogens is 4. The maximum atomic E-state index is 4.69. The van der Waals surface area contributed by atoms with Crippen LogP contribution in [0.3, 0.4) is 0 Å². The Kier molecular flexibility index (Phi) is 4.12. The number of benzene rings is 5. The van der Waals surface area contributed by atoms with Gasteiger partial charge in [-0.1, -0.05) is 72.3 Å². The summed E-state index contributed by atoms with van der Waals surface area (Å²) in [6.45, 7) is 2.12. The average molecular weight is 475 g/mol. The van der Waals surface area contributed by atoms with Crippen LogP contribution in [-0.2, 0) is 0 Å². The lowest BCUT2D eigenvalue weighted by Crippen LogP contribution is -1.96. The second-order valence-corrected chi connectivity index (χ2v) is 9.67. The highest BCUT2D eigenvalue weighted by atomic mass is 15.2. The van der Waals surface area contributed by atoms with Crippen LogP contribution in [0.2, 0.25) is 0 Å². The van der Waals surface area contributed by atoms with Gasteiger partial charge in [-0.05, 0) is 60.8 Å². The first kappa shape index (κ1) is 20.3. The highest BCUT2D eigenvalue weighted by Crippen LogP contribution is 2.34. The minimum absolute atomic E-state index is 0.850. The fourth-order valence-electron chi connectivity index (χ4n) is 5.81. The summed E-state index contributed by atoms with van der Waals surface area (Å²) in [5.41, 5.74) is 7.79. The summed E-state index contributed by atoms with van der Waals surface area (Å²) in [4.78, 5) is 0. The molecule has 0 amide bonds. The zero-order valence-electron chi connectivity index (χ0n) is 20.3. The Morgan fingerprint density at radius 3 is 1.78 bits per heavy atom. The summed E-state index contributed by atoms with van der Waals surface area (Å²) in [5, 5.41) is 15.4. The second kappa shape index (κ2) is 7.52. The molecular formula is C33H22N4. The van der Waals surface area contributed by atoms with E-state index in [0.717, 1.165) is 33.6 Å². The number of nitrogens with zero attached hydrogens (tertiary/aromatic N) is 4. The van der Waals surface area contributed by atoms with Crippen molar-refractivity contribution in [3.63, 3.8) is 0 Å². The summed E-state index contributed by atoms with van der Waals surface area (Å²) in [7, 11) is 0. The van der Waals surface area contributed by atoms with Gasteiger partial charge in [0.25, 0.3) is 0 Å². The molecule has 0 atom stereocenters. The van der Waals surface area contributed by atoms with Crippen molar-refractivity contribution in [1.82, 2.24) is 19.2 Å². The second-order valence-electron chi connectivity index (χ2n) is 9.67. The Hall–Kier alpha value is -4.96. The van der Waals surface area contributed by atoms with Crippen LogP contribution in [-0.4, -0.2) is 19.2 Å². The summed E-state index contributed by atoms with van der Waals surface area (Å²) in [6.07, 6.45) is 0. The fraction of sp³-hybridized carbons (Fsp3) is 0.0303. The molecule has 0 N–H and O–H groups in total. The van der Waals surface area contributed by atoms with Gasteiger partial charge in [-0.15, -0.1) is 10.2 Å². The molecule has 5 aromatic carbocycles. The average Bonchev–Trinajstić information content (AvgIpc) is 3.54. The SMILES string of the molecule is Cc1ccc2c3ccccc3n3c(-c4ccc(-n5c6ccccc6c6ccccc65)cc4)nnc3c2c1. The van der Waals surface area contributed by atoms with Gasteiger partial charge in [-0.25, -0.2) is 0 Å². The summed E-state index contributed by atoms with van der Waals surface area (Å²) < 4.78 is 4.54. The number of hydrogen-bond acceptors (Lipinski definition) is 2. The number of para-hydroxylation sites is 3. The molecule has 0 radical (unpaired) electrons. The van der Waals surface area contributed by atoms with Crippen molar-refractivity contribution in [1.29, 1.82) is 0 Å². The van der Waals surface area contributed by atoms with E-state index in [4.69, 9.17) is 5.10 Å². The van der Waals surface area contributed by atoms with E-state index < -0.39 is 0 Å². The van der Waals surface area contributed by atoms with E-state index in [1.165, 1.54) is 38.1 Å². The molecule has 8 aromatic rings. The van der Waals surface area contributed by atoms with E-state index in [1.54, 1.807) is 0 Å². The zero-order chi connectivity index (χ0) is 24.5. The van der Waals surface area contributed by atoms with E-state index in [-0.39, 0.29) is 0 Å². The van der Waals surface area contributed by atoms with Gasteiger partial charge >= 0.3 is 0 Å². The Morgan fingerprint density at radius 2 is 1.11 bits per heavy atom. The van der Waals surface area contributed by atoms with Gasteiger partial charge in [0.15, 0.2) is 11.5 Å². The predicted molar refractivity (Wildman–Crippen MR) is 153 cm³/mol. The number of aryl methyl sites for hydroxylation is 1. The molecule has 8 rings (SSSR count). The minimum Gasteiger partial charge on any atom is -0.309 e. The van der Waals surface area contributed by atoms with Crippen LogP contribution in [0.4, 0.5) is 0 Å². The van der Waals surface area contributed by atoms with E-state index in [9.17, 15) is 0 Å². The van der Waals surface area contributed by atoms with Gasteiger partial charge in [0.2, 0.25) is 0 Å². The van der Waals surface area contributed by atoms with Crippen molar-refractivity contribution in [3.05, 3.63) is 121 Å². The topological polar surface area (TPSA) is 35.1 Å². The van der Waals surface area contributed by atoms with Gasteiger partial charge in [0.05, 0.1) is 16.6 Å². The zero-order valence-corrected chi connectivity index (χ0v) is 20.3. The largest absolute Gasteiger partial charge is 0.309 e. The number of fused-ring (bicyclic) bond motifs is 9. The van der Waals surface area contributed by atoms with Crippen molar-refractivity contribution in [2.24, 2.45) is 0 Å². The van der Waals surface area contributed by atoms with Crippen molar-refractivity contribution in [2.45, 2.75) is 6.92 Å². The van der Waals surface area contributed by atoms with Gasteiger partial charge in [0, 0.05) is 32.8 Å². The minimum atomic E-state index is 0.850. The molecule has 3 aromatic heterocycles. The monoisotopic (exact) mass is 474 g/mol. The molecule has 174 valence electrons. The lowest BCUT2D eigenvalue weighted by molar-refractivity contribution is 1.11. The number of rotatable bonds is 2. The van der Waals surface area contributed by atoms with Crippen molar-refractivity contribution in [3.8, 4) is 17.1 Å². The molecule has 0 fully saturated rings. The van der Waals surface area contributed by atoms with Crippen LogP contribution in [0, 0.1) is 6.92 Å². The van der Waals surface area contributed by atoms with Gasteiger partial charge < -0.3 is 4.57 Å². The van der Waals surface area contributed by atoms with Crippen LogP contribution in [0.15, 0.2) is 115 Å². The summed E-state index contributed by atoms with van der Waals surface area (Å²) >= 11 is 0. The number of hydrogen-bond donors (Lipinski definition) is 0. The molecule has 4 nitrogen and oxygen atoms in total. The molecule has 0 bridgehead atoms. The van der Waals surface area contributed by atoms with Crippen LogP contribution in [0.1, 0.15) is 5.56 Å². The van der Waals surface area contributed by atoms with Crippen molar-refractivity contribution < 1.29 is 0 Å².